The molecule has 21 heavy (non-hydrogen) atoms. The van der Waals surface area contributed by atoms with E-state index in [0.29, 0.717) is 18.1 Å². The highest BCUT2D eigenvalue weighted by Gasteiger charge is 2.36. The van der Waals surface area contributed by atoms with Crippen molar-refractivity contribution in [1.82, 2.24) is 5.32 Å². The Kier molecular flexibility index (Phi) is 7.75. The van der Waals surface area contributed by atoms with Crippen LogP contribution in [-0.4, -0.2) is 18.1 Å². The summed E-state index contributed by atoms with van der Waals surface area (Å²) in [6, 6.07) is 12.4. The SMILES string of the molecule is Cl.Cl.NC1CCC(NC2CC2C=Cc2ccccc2)CC1. The van der Waals surface area contributed by atoms with Gasteiger partial charge in [0.15, 0.2) is 0 Å². The van der Waals surface area contributed by atoms with E-state index >= 15 is 0 Å². The lowest BCUT2D eigenvalue weighted by molar-refractivity contribution is 0.339. The van der Waals surface area contributed by atoms with Crippen molar-refractivity contribution in [3.63, 3.8) is 0 Å². The largest absolute Gasteiger partial charge is 0.328 e. The molecule has 2 atom stereocenters. The fraction of sp³-hybridized carbons (Fsp3) is 0.529. The molecule has 0 saturated heterocycles. The minimum absolute atomic E-state index is 0. The highest BCUT2D eigenvalue weighted by Crippen LogP contribution is 2.34. The van der Waals surface area contributed by atoms with Crippen LogP contribution in [0.2, 0.25) is 0 Å². The maximum Gasteiger partial charge on any atom is 0.0139 e. The molecule has 2 saturated carbocycles. The van der Waals surface area contributed by atoms with Crippen LogP contribution in [0.25, 0.3) is 6.08 Å². The Morgan fingerprint density at radius 3 is 2.33 bits per heavy atom. The standard InChI is InChI=1S/C17H24N2.2ClH/c18-15-8-10-16(11-9-15)19-17-12-14(17)7-6-13-4-2-1-3-5-13;;/h1-7,14-17,19H,8-12,18H2;2*1H. The van der Waals surface area contributed by atoms with Gasteiger partial charge in [0, 0.05) is 18.1 Å². The first kappa shape index (κ1) is 18.5. The second-order valence-electron chi connectivity index (χ2n) is 6.05. The van der Waals surface area contributed by atoms with E-state index in [1.807, 2.05) is 0 Å². The molecule has 2 aliphatic carbocycles. The quantitative estimate of drug-likeness (QED) is 0.882. The highest BCUT2D eigenvalue weighted by molar-refractivity contribution is 5.85. The normalized spacial score (nSPS) is 31.3. The molecule has 0 aliphatic heterocycles. The minimum Gasteiger partial charge on any atom is -0.328 e. The van der Waals surface area contributed by atoms with Crippen molar-refractivity contribution >= 4 is 30.9 Å². The number of halogens is 2. The molecule has 3 rings (SSSR count). The van der Waals surface area contributed by atoms with Gasteiger partial charge in [0.05, 0.1) is 0 Å². The maximum absolute atomic E-state index is 5.94. The Labute approximate surface area is 140 Å². The summed E-state index contributed by atoms with van der Waals surface area (Å²) in [5, 5.41) is 3.79. The second kappa shape index (κ2) is 8.79. The number of hydrogen-bond donors (Lipinski definition) is 2. The lowest BCUT2D eigenvalue weighted by atomic mass is 9.92. The van der Waals surface area contributed by atoms with Crippen LogP contribution in [0.3, 0.4) is 0 Å². The van der Waals surface area contributed by atoms with Crippen molar-refractivity contribution in [2.75, 3.05) is 0 Å². The summed E-state index contributed by atoms with van der Waals surface area (Å²) in [4.78, 5) is 0. The van der Waals surface area contributed by atoms with Crippen LogP contribution in [0.4, 0.5) is 0 Å². The van der Waals surface area contributed by atoms with Crippen molar-refractivity contribution in [2.24, 2.45) is 11.7 Å². The molecule has 0 amide bonds. The van der Waals surface area contributed by atoms with Gasteiger partial charge in [-0.15, -0.1) is 24.8 Å². The summed E-state index contributed by atoms with van der Waals surface area (Å²) in [5.41, 5.74) is 7.25. The predicted molar refractivity (Wildman–Crippen MR) is 95.2 cm³/mol. The van der Waals surface area contributed by atoms with Crippen molar-refractivity contribution < 1.29 is 0 Å². The molecule has 1 aromatic carbocycles. The van der Waals surface area contributed by atoms with Gasteiger partial charge in [-0.2, -0.15) is 0 Å². The van der Waals surface area contributed by atoms with Gasteiger partial charge < -0.3 is 11.1 Å². The van der Waals surface area contributed by atoms with E-state index in [4.69, 9.17) is 5.73 Å². The third kappa shape index (κ3) is 5.63. The van der Waals surface area contributed by atoms with Crippen LogP contribution in [0.15, 0.2) is 36.4 Å². The molecule has 2 fully saturated rings. The molecule has 2 unspecified atom stereocenters. The Hall–Kier alpha value is -0.540. The Morgan fingerprint density at radius 2 is 1.67 bits per heavy atom. The van der Waals surface area contributed by atoms with E-state index in [0.717, 1.165) is 5.92 Å². The monoisotopic (exact) mass is 328 g/mol. The highest BCUT2D eigenvalue weighted by atomic mass is 35.5. The first-order valence-corrected chi connectivity index (χ1v) is 7.56. The zero-order valence-corrected chi connectivity index (χ0v) is 13.9. The summed E-state index contributed by atoms with van der Waals surface area (Å²) in [6.07, 6.45) is 10.8. The average Bonchev–Trinajstić information content (AvgIpc) is 3.19. The van der Waals surface area contributed by atoms with Gasteiger partial charge in [-0.05, 0) is 43.6 Å². The number of nitrogens with two attached hydrogens (primary N) is 1. The van der Waals surface area contributed by atoms with Crippen molar-refractivity contribution in [3.8, 4) is 0 Å². The Bertz CT molecular complexity index is 428. The molecule has 118 valence electrons. The predicted octanol–water partition coefficient (Wildman–Crippen LogP) is 3.79. The van der Waals surface area contributed by atoms with Gasteiger partial charge in [0.1, 0.15) is 0 Å². The Morgan fingerprint density at radius 1 is 1.00 bits per heavy atom. The van der Waals surface area contributed by atoms with Crippen LogP contribution < -0.4 is 11.1 Å². The van der Waals surface area contributed by atoms with Gasteiger partial charge in [0.2, 0.25) is 0 Å². The number of rotatable bonds is 4. The van der Waals surface area contributed by atoms with Crippen molar-refractivity contribution in [2.45, 2.75) is 50.2 Å². The van der Waals surface area contributed by atoms with E-state index in [1.165, 1.54) is 37.7 Å². The van der Waals surface area contributed by atoms with E-state index < -0.39 is 0 Å². The Balaban J connectivity index is 0.00000110. The molecular formula is C17H26Cl2N2. The molecule has 0 spiro atoms. The number of benzene rings is 1. The lowest BCUT2D eigenvalue weighted by Gasteiger charge is -2.27. The molecule has 1 aromatic rings. The fourth-order valence-electron chi connectivity index (χ4n) is 3.01. The molecule has 0 aromatic heterocycles. The molecule has 3 N–H and O–H groups in total. The van der Waals surface area contributed by atoms with E-state index in [1.54, 1.807) is 0 Å². The average molecular weight is 329 g/mol. The van der Waals surface area contributed by atoms with Crippen LogP contribution in [0, 0.1) is 5.92 Å². The molecule has 4 heteroatoms. The van der Waals surface area contributed by atoms with Gasteiger partial charge in [0.25, 0.3) is 0 Å². The molecular weight excluding hydrogens is 303 g/mol. The maximum atomic E-state index is 5.94. The zero-order chi connectivity index (χ0) is 13.1. The van der Waals surface area contributed by atoms with E-state index in [9.17, 15) is 0 Å². The molecule has 0 bridgehead atoms. The molecule has 2 nitrogen and oxygen atoms in total. The molecule has 0 radical (unpaired) electrons. The summed E-state index contributed by atoms with van der Waals surface area (Å²) in [7, 11) is 0. The van der Waals surface area contributed by atoms with Gasteiger partial charge >= 0.3 is 0 Å². The lowest BCUT2D eigenvalue weighted by Crippen LogP contribution is -2.38. The summed E-state index contributed by atoms with van der Waals surface area (Å²) < 4.78 is 0. The number of nitrogens with one attached hydrogen (secondary N) is 1. The molecule has 2 aliphatic rings. The minimum atomic E-state index is 0. The van der Waals surface area contributed by atoms with Crippen molar-refractivity contribution in [3.05, 3.63) is 42.0 Å². The van der Waals surface area contributed by atoms with Crippen LogP contribution in [0.5, 0.6) is 0 Å². The van der Waals surface area contributed by atoms with Gasteiger partial charge in [-0.3, -0.25) is 0 Å². The third-order valence-corrected chi connectivity index (χ3v) is 4.40. The smallest absolute Gasteiger partial charge is 0.0139 e. The van der Waals surface area contributed by atoms with Gasteiger partial charge in [-0.1, -0.05) is 42.5 Å². The zero-order valence-electron chi connectivity index (χ0n) is 12.3. The first-order valence-electron chi connectivity index (χ1n) is 7.56. The second-order valence-corrected chi connectivity index (χ2v) is 6.05. The molecule has 0 heterocycles. The van der Waals surface area contributed by atoms with Crippen LogP contribution >= 0.6 is 24.8 Å². The summed E-state index contributed by atoms with van der Waals surface area (Å²) in [5.74, 6) is 0.732. The fourth-order valence-corrected chi connectivity index (χ4v) is 3.01. The van der Waals surface area contributed by atoms with E-state index in [2.05, 4.69) is 47.8 Å². The van der Waals surface area contributed by atoms with E-state index in [-0.39, 0.29) is 24.8 Å². The topological polar surface area (TPSA) is 38.0 Å². The number of hydrogen-bond acceptors (Lipinski definition) is 2. The first-order chi connectivity index (χ1) is 9.31. The third-order valence-electron chi connectivity index (χ3n) is 4.40. The van der Waals surface area contributed by atoms with Crippen LogP contribution in [0.1, 0.15) is 37.7 Å². The van der Waals surface area contributed by atoms with Gasteiger partial charge in [-0.25, -0.2) is 0 Å². The summed E-state index contributed by atoms with van der Waals surface area (Å²) >= 11 is 0. The van der Waals surface area contributed by atoms with Crippen LogP contribution in [-0.2, 0) is 0 Å². The summed E-state index contributed by atoms with van der Waals surface area (Å²) in [6.45, 7) is 0. The van der Waals surface area contributed by atoms with Crippen molar-refractivity contribution in [1.29, 1.82) is 0 Å².